The van der Waals surface area contributed by atoms with Crippen molar-refractivity contribution in [3.05, 3.63) is 16.0 Å². The third-order valence-electron chi connectivity index (χ3n) is 3.21. The summed E-state index contributed by atoms with van der Waals surface area (Å²) >= 11 is 3.55. The van der Waals surface area contributed by atoms with Crippen molar-refractivity contribution in [2.75, 3.05) is 25.6 Å². The van der Waals surface area contributed by atoms with Crippen molar-refractivity contribution in [3.63, 3.8) is 0 Å². The minimum Gasteiger partial charge on any atom is -0.378 e. The molecule has 0 aliphatic heterocycles. The number of methoxy groups -OCH3 is 1. The molecule has 5 nitrogen and oxygen atoms in total. The molecule has 1 saturated carbocycles. The quantitative estimate of drug-likeness (QED) is 0.784. The van der Waals surface area contributed by atoms with Crippen molar-refractivity contribution in [1.29, 1.82) is 0 Å². The molecule has 0 saturated heterocycles. The zero-order valence-electron chi connectivity index (χ0n) is 12.3. The monoisotopic (exact) mass is 343 g/mol. The highest BCUT2D eigenvalue weighted by Gasteiger charge is 2.35. The van der Waals surface area contributed by atoms with Crippen molar-refractivity contribution in [1.82, 2.24) is 9.97 Å². The normalized spacial score (nSPS) is 16.2. The van der Waals surface area contributed by atoms with E-state index in [0.29, 0.717) is 19.1 Å². The smallest absolute Gasteiger partial charge is 0.160 e. The summed E-state index contributed by atoms with van der Waals surface area (Å²) in [6.07, 6.45) is 2.39. The zero-order chi connectivity index (χ0) is 14.5. The van der Waals surface area contributed by atoms with Crippen molar-refractivity contribution >= 4 is 21.7 Å². The Bertz CT molecular complexity index is 425. The first-order valence-electron chi connectivity index (χ1n) is 7.11. The number of hydrogen-bond donors (Lipinski definition) is 1. The van der Waals surface area contributed by atoms with E-state index in [9.17, 15) is 0 Å². The van der Waals surface area contributed by atoms with Crippen LogP contribution >= 0.6 is 15.9 Å². The van der Waals surface area contributed by atoms with Crippen molar-refractivity contribution in [2.24, 2.45) is 5.92 Å². The van der Waals surface area contributed by atoms with Crippen molar-refractivity contribution < 1.29 is 9.47 Å². The fraction of sp³-hybridized carbons (Fsp3) is 0.714. The SMILES string of the molecule is CCNc1nc(C(OCC)C2CC2)nc(COC)c1Br. The molecule has 1 unspecified atom stereocenters. The Morgan fingerprint density at radius 1 is 1.35 bits per heavy atom. The van der Waals surface area contributed by atoms with Crippen LogP contribution in [0.25, 0.3) is 0 Å². The second-order valence-electron chi connectivity index (χ2n) is 4.87. The number of rotatable bonds is 8. The fourth-order valence-electron chi connectivity index (χ4n) is 2.16. The van der Waals surface area contributed by atoms with Crippen LogP contribution < -0.4 is 5.32 Å². The Kier molecular flexibility index (Phi) is 5.74. The highest BCUT2D eigenvalue weighted by molar-refractivity contribution is 9.10. The van der Waals surface area contributed by atoms with Gasteiger partial charge >= 0.3 is 0 Å². The number of hydrogen-bond acceptors (Lipinski definition) is 5. The summed E-state index contributed by atoms with van der Waals surface area (Å²) in [5.41, 5.74) is 0.860. The van der Waals surface area contributed by atoms with Crippen molar-refractivity contribution in [2.45, 2.75) is 39.4 Å². The van der Waals surface area contributed by atoms with Gasteiger partial charge in [-0.3, -0.25) is 0 Å². The van der Waals surface area contributed by atoms with Crippen LogP contribution in [-0.2, 0) is 16.1 Å². The summed E-state index contributed by atoms with van der Waals surface area (Å²) in [6, 6.07) is 0. The molecule has 6 heteroatoms. The molecule has 1 heterocycles. The van der Waals surface area contributed by atoms with Gasteiger partial charge in [0.1, 0.15) is 11.9 Å². The Labute approximate surface area is 128 Å². The van der Waals surface area contributed by atoms with Crippen LogP contribution in [-0.4, -0.2) is 30.2 Å². The molecule has 0 radical (unpaired) electrons. The first kappa shape index (κ1) is 15.7. The summed E-state index contributed by atoms with van der Waals surface area (Å²) in [4.78, 5) is 9.27. The minimum atomic E-state index is 0.00103. The lowest BCUT2D eigenvalue weighted by atomic mass is 10.2. The molecule has 0 aromatic carbocycles. The topological polar surface area (TPSA) is 56.3 Å². The summed E-state index contributed by atoms with van der Waals surface area (Å²) < 4.78 is 11.9. The number of nitrogens with one attached hydrogen (secondary N) is 1. The number of halogens is 1. The summed E-state index contributed by atoms with van der Waals surface area (Å²) in [5, 5.41) is 3.26. The second-order valence-corrected chi connectivity index (χ2v) is 5.66. The van der Waals surface area contributed by atoms with Gasteiger partial charge in [-0.25, -0.2) is 9.97 Å². The predicted octanol–water partition coefficient (Wildman–Crippen LogP) is 3.30. The summed E-state index contributed by atoms with van der Waals surface area (Å²) in [6.45, 7) is 6.00. The van der Waals surface area contributed by atoms with Gasteiger partial charge in [-0.15, -0.1) is 0 Å². The standard InChI is InChI=1S/C14H22BrN3O2/c1-4-16-13-11(15)10(8-19-3)17-14(18-13)12(20-5-2)9-6-7-9/h9,12H,4-8H2,1-3H3,(H,16,17,18). The van der Waals surface area contributed by atoms with E-state index in [2.05, 4.69) is 31.2 Å². The molecule has 20 heavy (non-hydrogen) atoms. The maximum Gasteiger partial charge on any atom is 0.160 e. The average molecular weight is 344 g/mol. The van der Waals surface area contributed by atoms with Crippen LogP contribution in [0.3, 0.4) is 0 Å². The van der Waals surface area contributed by atoms with Crippen LogP contribution in [0.5, 0.6) is 0 Å². The van der Waals surface area contributed by atoms with Gasteiger partial charge in [0.15, 0.2) is 5.82 Å². The highest BCUT2D eigenvalue weighted by Crippen LogP contribution is 2.43. The number of nitrogens with zero attached hydrogens (tertiary/aromatic N) is 2. The van der Waals surface area contributed by atoms with E-state index < -0.39 is 0 Å². The molecule has 1 N–H and O–H groups in total. The largest absolute Gasteiger partial charge is 0.378 e. The molecule has 1 aromatic heterocycles. The maximum atomic E-state index is 5.85. The highest BCUT2D eigenvalue weighted by atomic mass is 79.9. The Balaban J connectivity index is 2.34. The molecule has 0 amide bonds. The Hall–Kier alpha value is -0.720. The molecule has 1 aliphatic rings. The second kappa shape index (κ2) is 7.33. The first-order valence-corrected chi connectivity index (χ1v) is 7.91. The van der Waals surface area contributed by atoms with Gasteiger partial charge in [0, 0.05) is 20.3 Å². The van der Waals surface area contributed by atoms with Crippen LogP contribution in [0.1, 0.15) is 44.3 Å². The van der Waals surface area contributed by atoms with E-state index in [1.165, 1.54) is 12.8 Å². The number of anilines is 1. The lowest BCUT2D eigenvalue weighted by Gasteiger charge is -2.18. The molecule has 1 atom stereocenters. The Morgan fingerprint density at radius 3 is 2.65 bits per heavy atom. The maximum absolute atomic E-state index is 5.85. The van der Waals surface area contributed by atoms with E-state index in [1.54, 1.807) is 7.11 Å². The van der Waals surface area contributed by atoms with E-state index >= 15 is 0 Å². The van der Waals surface area contributed by atoms with Gasteiger partial charge in [0.05, 0.1) is 16.8 Å². The third-order valence-corrected chi connectivity index (χ3v) is 4.05. The van der Waals surface area contributed by atoms with Gasteiger partial charge < -0.3 is 14.8 Å². The molecular formula is C14H22BrN3O2. The lowest BCUT2D eigenvalue weighted by molar-refractivity contribution is 0.0396. The van der Waals surface area contributed by atoms with Gasteiger partial charge in [-0.2, -0.15) is 0 Å². The van der Waals surface area contributed by atoms with Crippen LogP contribution in [0, 0.1) is 5.92 Å². The molecule has 0 spiro atoms. The third kappa shape index (κ3) is 3.68. The first-order chi connectivity index (χ1) is 9.71. The predicted molar refractivity (Wildman–Crippen MR) is 81.7 cm³/mol. The van der Waals surface area contributed by atoms with Gasteiger partial charge in [-0.1, -0.05) is 0 Å². The molecule has 1 aliphatic carbocycles. The molecule has 1 aromatic rings. The van der Waals surface area contributed by atoms with E-state index in [4.69, 9.17) is 9.47 Å². The molecular weight excluding hydrogens is 322 g/mol. The molecule has 112 valence electrons. The molecule has 1 fully saturated rings. The van der Waals surface area contributed by atoms with Crippen LogP contribution in [0.15, 0.2) is 4.47 Å². The van der Waals surface area contributed by atoms with E-state index in [1.807, 2.05) is 13.8 Å². The molecule has 0 bridgehead atoms. The van der Waals surface area contributed by atoms with Crippen LogP contribution in [0.2, 0.25) is 0 Å². The fourth-order valence-corrected chi connectivity index (χ4v) is 2.59. The summed E-state index contributed by atoms with van der Waals surface area (Å²) in [5.74, 6) is 2.14. The molecule has 2 rings (SSSR count). The number of ether oxygens (including phenoxy) is 2. The number of aromatic nitrogens is 2. The van der Waals surface area contributed by atoms with Gasteiger partial charge in [-0.05, 0) is 48.5 Å². The minimum absolute atomic E-state index is 0.00103. The van der Waals surface area contributed by atoms with Crippen molar-refractivity contribution in [3.8, 4) is 0 Å². The summed E-state index contributed by atoms with van der Waals surface area (Å²) in [7, 11) is 1.67. The van der Waals surface area contributed by atoms with Gasteiger partial charge in [0.2, 0.25) is 0 Å². The van der Waals surface area contributed by atoms with Gasteiger partial charge in [0.25, 0.3) is 0 Å². The van der Waals surface area contributed by atoms with Crippen LogP contribution in [0.4, 0.5) is 5.82 Å². The van der Waals surface area contributed by atoms with E-state index in [-0.39, 0.29) is 6.10 Å². The lowest BCUT2D eigenvalue weighted by Crippen LogP contribution is -2.15. The average Bonchev–Trinajstić information content (AvgIpc) is 3.25. The van der Waals surface area contributed by atoms with E-state index in [0.717, 1.165) is 28.4 Å². The Morgan fingerprint density at radius 2 is 2.10 bits per heavy atom. The zero-order valence-corrected chi connectivity index (χ0v) is 13.9.